The van der Waals surface area contributed by atoms with Gasteiger partial charge in [-0.2, -0.15) is 0 Å². The second-order valence-electron chi connectivity index (χ2n) is 6.41. The van der Waals surface area contributed by atoms with Crippen LogP contribution in [0.15, 0.2) is 29.2 Å². The van der Waals surface area contributed by atoms with Gasteiger partial charge in [0.15, 0.2) is 0 Å². The Morgan fingerprint density at radius 1 is 1.33 bits per heavy atom. The Morgan fingerprint density at radius 3 is 2.70 bits per heavy atom. The first-order valence-electron chi connectivity index (χ1n) is 8.66. The summed E-state index contributed by atoms with van der Waals surface area (Å²) >= 11 is 0. The fraction of sp³-hybridized carbons (Fsp3) is 0.529. The van der Waals surface area contributed by atoms with Crippen molar-refractivity contribution in [1.29, 1.82) is 0 Å². The highest BCUT2D eigenvalue weighted by molar-refractivity contribution is 7.89. The first-order valence-corrected chi connectivity index (χ1v) is 10.1. The molecule has 0 aromatic heterocycles. The van der Waals surface area contributed by atoms with E-state index < -0.39 is 22.0 Å². The second-order valence-corrected chi connectivity index (χ2v) is 8.30. The zero-order valence-electron chi connectivity index (χ0n) is 15.4. The van der Waals surface area contributed by atoms with E-state index in [1.807, 2.05) is 0 Å². The average molecular weight is 419 g/mol. The van der Waals surface area contributed by atoms with Gasteiger partial charge in [-0.1, -0.05) is 6.07 Å². The van der Waals surface area contributed by atoms with Crippen LogP contribution in [0.4, 0.5) is 5.69 Å². The summed E-state index contributed by atoms with van der Waals surface area (Å²) in [5.74, 6) is -0.0484. The normalized spacial score (nSPS) is 17.6. The molecule has 2 amide bonds. The molecule has 0 saturated carbocycles. The molecule has 1 aliphatic rings. The molecule has 1 aromatic carbocycles. The van der Waals surface area contributed by atoms with Crippen molar-refractivity contribution in [2.75, 3.05) is 25.5 Å². The van der Waals surface area contributed by atoms with Crippen LogP contribution < -0.4 is 20.7 Å². The van der Waals surface area contributed by atoms with E-state index in [1.165, 1.54) is 19.2 Å². The third-order valence-corrected chi connectivity index (χ3v) is 5.81. The molecular formula is C17H27ClN4O4S. The lowest BCUT2D eigenvalue weighted by Gasteiger charge is -2.15. The van der Waals surface area contributed by atoms with Gasteiger partial charge in [-0.05, 0) is 64.0 Å². The predicted octanol–water partition coefficient (Wildman–Crippen LogP) is 0.849. The van der Waals surface area contributed by atoms with Gasteiger partial charge >= 0.3 is 0 Å². The Bertz CT molecular complexity index is 751. The lowest BCUT2D eigenvalue weighted by atomic mass is 10.0. The smallest absolute Gasteiger partial charge is 0.246 e. The Kier molecular flexibility index (Phi) is 9.17. The number of amides is 2. The van der Waals surface area contributed by atoms with Gasteiger partial charge in [-0.3, -0.25) is 9.59 Å². The van der Waals surface area contributed by atoms with E-state index in [-0.39, 0.29) is 23.2 Å². The minimum atomic E-state index is -3.59. The Balaban J connectivity index is 0.00000364. The molecule has 27 heavy (non-hydrogen) atoms. The third kappa shape index (κ3) is 7.10. The van der Waals surface area contributed by atoms with Crippen molar-refractivity contribution >= 4 is 39.9 Å². The van der Waals surface area contributed by atoms with Gasteiger partial charge in [0.2, 0.25) is 21.8 Å². The quantitative estimate of drug-likeness (QED) is 0.499. The molecule has 152 valence electrons. The van der Waals surface area contributed by atoms with E-state index in [0.717, 1.165) is 25.9 Å². The zero-order valence-corrected chi connectivity index (χ0v) is 17.1. The van der Waals surface area contributed by atoms with E-state index in [0.29, 0.717) is 18.0 Å². The number of nitrogens with one attached hydrogen (secondary N) is 4. The molecule has 0 radical (unpaired) electrons. The molecule has 1 aromatic rings. The SMILES string of the molecule is CNS(=O)(=O)c1cccc(NC(=O)C(C)NC(=O)CCC2CCNC2)c1.Cl. The summed E-state index contributed by atoms with van der Waals surface area (Å²) in [6, 6.07) is 5.22. The van der Waals surface area contributed by atoms with Crippen LogP contribution in [0, 0.1) is 5.92 Å². The molecule has 1 aliphatic heterocycles. The maximum absolute atomic E-state index is 12.2. The predicted molar refractivity (Wildman–Crippen MR) is 106 cm³/mol. The van der Waals surface area contributed by atoms with Crippen LogP contribution in [-0.2, 0) is 19.6 Å². The largest absolute Gasteiger partial charge is 0.345 e. The van der Waals surface area contributed by atoms with Crippen molar-refractivity contribution < 1.29 is 18.0 Å². The minimum absolute atomic E-state index is 0. The number of carbonyl (C=O) groups excluding carboxylic acids is 2. The molecule has 1 heterocycles. The van der Waals surface area contributed by atoms with E-state index in [4.69, 9.17) is 0 Å². The number of halogens is 1. The standard InChI is InChI=1S/C17H26N4O4S.ClH/c1-12(20-16(22)7-6-13-8-9-19-11-13)17(23)21-14-4-3-5-15(10-14)26(24,25)18-2;/h3-5,10,12-13,18-19H,6-9,11H2,1-2H3,(H,20,22)(H,21,23);1H. The summed E-state index contributed by atoms with van der Waals surface area (Å²) in [5.41, 5.74) is 0.351. The zero-order chi connectivity index (χ0) is 19.2. The summed E-state index contributed by atoms with van der Waals surface area (Å²) in [5, 5.41) is 8.56. The highest BCUT2D eigenvalue weighted by Gasteiger charge is 2.19. The molecule has 0 aliphatic carbocycles. The summed E-state index contributed by atoms with van der Waals surface area (Å²) < 4.78 is 25.8. The van der Waals surface area contributed by atoms with Crippen molar-refractivity contribution in [2.24, 2.45) is 5.92 Å². The number of hydrogen-bond acceptors (Lipinski definition) is 5. The van der Waals surface area contributed by atoms with Gasteiger partial charge in [0.1, 0.15) is 6.04 Å². The molecule has 4 N–H and O–H groups in total. The maximum atomic E-state index is 12.2. The molecule has 1 fully saturated rings. The van der Waals surface area contributed by atoms with Crippen molar-refractivity contribution in [3.8, 4) is 0 Å². The van der Waals surface area contributed by atoms with Gasteiger partial charge in [-0.25, -0.2) is 13.1 Å². The number of carbonyl (C=O) groups is 2. The number of rotatable bonds is 8. The summed E-state index contributed by atoms with van der Waals surface area (Å²) in [6.45, 7) is 3.53. The maximum Gasteiger partial charge on any atom is 0.246 e. The van der Waals surface area contributed by atoms with Gasteiger partial charge in [0.25, 0.3) is 0 Å². The van der Waals surface area contributed by atoms with Crippen molar-refractivity contribution in [2.45, 2.75) is 37.1 Å². The summed E-state index contributed by atoms with van der Waals surface area (Å²) in [6.07, 6.45) is 2.27. The number of benzene rings is 1. The van der Waals surface area contributed by atoms with Gasteiger partial charge < -0.3 is 16.0 Å². The molecule has 0 spiro atoms. The van der Waals surface area contributed by atoms with Gasteiger partial charge in [0.05, 0.1) is 4.90 Å². The second kappa shape index (κ2) is 10.6. The molecule has 2 unspecified atom stereocenters. The average Bonchev–Trinajstić information content (AvgIpc) is 3.13. The lowest BCUT2D eigenvalue weighted by molar-refractivity contribution is -0.126. The highest BCUT2D eigenvalue weighted by atomic mass is 35.5. The molecule has 2 atom stereocenters. The molecule has 2 rings (SSSR count). The van der Waals surface area contributed by atoms with Crippen LogP contribution in [0.25, 0.3) is 0 Å². The van der Waals surface area contributed by atoms with E-state index >= 15 is 0 Å². The third-order valence-electron chi connectivity index (χ3n) is 4.39. The fourth-order valence-electron chi connectivity index (χ4n) is 2.78. The molecule has 10 heteroatoms. The molecule has 8 nitrogen and oxygen atoms in total. The Labute approximate surface area is 166 Å². The fourth-order valence-corrected chi connectivity index (χ4v) is 3.56. The van der Waals surface area contributed by atoms with Crippen LogP contribution in [0.2, 0.25) is 0 Å². The molecular weight excluding hydrogens is 392 g/mol. The van der Waals surface area contributed by atoms with Gasteiger partial charge in [0, 0.05) is 12.1 Å². The monoisotopic (exact) mass is 418 g/mol. The number of sulfonamides is 1. The van der Waals surface area contributed by atoms with Crippen molar-refractivity contribution in [3.05, 3.63) is 24.3 Å². The minimum Gasteiger partial charge on any atom is -0.345 e. The Morgan fingerprint density at radius 2 is 2.07 bits per heavy atom. The van der Waals surface area contributed by atoms with Crippen LogP contribution in [-0.4, -0.2) is 46.4 Å². The van der Waals surface area contributed by atoms with Crippen LogP contribution in [0.1, 0.15) is 26.2 Å². The van der Waals surface area contributed by atoms with Gasteiger partial charge in [-0.15, -0.1) is 12.4 Å². The van der Waals surface area contributed by atoms with E-state index in [1.54, 1.807) is 19.1 Å². The van der Waals surface area contributed by atoms with Crippen LogP contribution in [0.3, 0.4) is 0 Å². The molecule has 1 saturated heterocycles. The van der Waals surface area contributed by atoms with Crippen LogP contribution >= 0.6 is 12.4 Å². The summed E-state index contributed by atoms with van der Waals surface area (Å²) in [7, 11) is -2.27. The topological polar surface area (TPSA) is 116 Å². The van der Waals surface area contributed by atoms with E-state index in [9.17, 15) is 18.0 Å². The van der Waals surface area contributed by atoms with E-state index in [2.05, 4.69) is 20.7 Å². The first-order chi connectivity index (χ1) is 12.3. The van der Waals surface area contributed by atoms with Crippen molar-refractivity contribution in [3.63, 3.8) is 0 Å². The van der Waals surface area contributed by atoms with Crippen LogP contribution in [0.5, 0.6) is 0 Å². The first kappa shape index (κ1) is 23.4. The molecule has 0 bridgehead atoms. The lowest BCUT2D eigenvalue weighted by Crippen LogP contribution is -2.41. The summed E-state index contributed by atoms with van der Waals surface area (Å²) in [4.78, 5) is 24.3. The number of anilines is 1. The Hall–Kier alpha value is -1.68. The van der Waals surface area contributed by atoms with Crippen molar-refractivity contribution in [1.82, 2.24) is 15.4 Å². The number of hydrogen-bond donors (Lipinski definition) is 4. The highest BCUT2D eigenvalue weighted by Crippen LogP contribution is 2.16.